The van der Waals surface area contributed by atoms with Gasteiger partial charge in [-0.2, -0.15) is 0 Å². The van der Waals surface area contributed by atoms with Crippen LogP contribution in [0.4, 0.5) is 18.9 Å². The molecule has 2 N–H and O–H groups in total. The van der Waals surface area contributed by atoms with Gasteiger partial charge in [-0.15, -0.1) is 0 Å². The maximum atomic E-state index is 13.0. The number of nitrogens with zero attached hydrogens (tertiary/aromatic N) is 1. The van der Waals surface area contributed by atoms with Crippen LogP contribution in [0.2, 0.25) is 0 Å². The molecule has 1 amide bonds. The van der Waals surface area contributed by atoms with Gasteiger partial charge in [0.1, 0.15) is 5.69 Å². The first-order valence-electron chi connectivity index (χ1n) is 5.53. The molecule has 0 bridgehead atoms. The molecule has 0 saturated heterocycles. The van der Waals surface area contributed by atoms with E-state index in [1.807, 2.05) is 0 Å². The largest absolute Gasteiger partial charge is 0.478 e. The Labute approximate surface area is 116 Å². The number of carboxylic acid groups (broad SMARTS) is 1. The molecule has 108 valence electrons. The molecule has 0 radical (unpaired) electrons. The second kappa shape index (κ2) is 5.61. The minimum atomic E-state index is -1.64. The van der Waals surface area contributed by atoms with Gasteiger partial charge in [-0.1, -0.05) is 0 Å². The molecule has 5 nitrogen and oxygen atoms in total. The molecule has 0 fully saturated rings. The van der Waals surface area contributed by atoms with Gasteiger partial charge in [-0.25, -0.2) is 18.0 Å². The topological polar surface area (TPSA) is 79.3 Å². The molecule has 1 aromatic carbocycles. The molecule has 0 aliphatic rings. The molecular weight excluding hydrogens is 289 g/mol. The summed E-state index contributed by atoms with van der Waals surface area (Å²) in [5.74, 6) is -6.56. The summed E-state index contributed by atoms with van der Waals surface area (Å²) < 4.78 is 38.7. The summed E-state index contributed by atoms with van der Waals surface area (Å²) in [6.07, 6.45) is 0.961. The standard InChI is InChI=1S/C13H7F3N2O3/c14-8-3-7(4-9(15)11(8)16)18-12(19)10-2-1-6(5-17-10)13(20)21/h1-5H,(H,18,19)(H,20,21). The number of carboxylic acids is 1. The van der Waals surface area contributed by atoms with Crippen molar-refractivity contribution in [2.75, 3.05) is 5.32 Å². The van der Waals surface area contributed by atoms with Crippen LogP contribution in [0.1, 0.15) is 20.8 Å². The average molecular weight is 296 g/mol. The van der Waals surface area contributed by atoms with Crippen LogP contribution in [-0.2, 0) is 0 Å². The van der Waals surface area contributed by atoms with Crippen LogP contribution in [0.3, 0.4) is 0 Å². The van der Waals surface area contributed by atoms with Gasteiger partial charge < -0.3 is 10.4 Å². The smallest absolute Gasteiger partial charge is 0.337 e. The SMILES string of the molecule is O=C(O)c1ccc(C(=O)Nc2cc(F)c(F)c(F)c2)nc1. The van der Waals surface area contributed by atoms with E-state index in [9.17, 15) is 22.8 Å². The Morgan fingerprint density at radius 2 is 1.71 bits per heavy atom. The van der Waals surface area contributed by atoms with E-state index in [1.54, 1.807) is 0 Å². The first kappa shape index (κ1) is 14.5. The molecule has 2 aromatic rings. The first-order valence-corrected chi connectivity index (χ1v) is 5.53. The van der Waals surface area contributed by atoms with Gasteiger partial charge in [0.2, 0.25) is 0 Å². The van der Waals surface area contributed by atoms with Crippen molar-refractivity contribution < 1.29 is 27.9 Å². The summed E-state index contributed by atoms with van der Waals surface area (Å²) in [4.78, 5) is 26.0. The van der Waals surface area contributed by atoms with Crippen LogP contribution < -0.4 is 5.32 Å². The van der Waals surface area contributed by atoms with Gasteiger partial charge in [-0.05, 0) is 12.1 Å². The van der Waals surface area contributed by atoms with E-state index in [4.69, 9.17) is 5.11 Å². The fraction of sp³-hybridized carbons (Fsp3) is 0. The van der Waals surface area contributed by atoms with E-state index >= 15 is 0 Å². The number of anilines is 1. The monoisotopic (exact) mass is 296 g/mol. The highest BCUT2D eigenvalue weighted by Gasteiger charge is 2.14. The van der Waals surface area contributed by atoms with E-state index in [-0.39, 0.29) is 16.9 Å². The Morgan fingerprint density at radius 1 is 1.10 bits per heavy atom. The number of pyridine rings is 1. The van der Waals surface area contributed by atoms with Crippen molar-refractivity contribution in [3.63, 3.8) is 0 Å². The van der Waals surface area contributed by atoms with Gasteiger partial charge in [0.25, 0.3) is 5.91 Å². The second-order valence-electron chi connectivity index (χ2n) is 3.95. The number of rotatable bonds is 3. The van der Waals surface area contributed by atoms with Crippen LogP contribution in [-0.4, -0.2) is 22.0 Å². The average Bonchev–Trinajstić information content (AvgIpc) is 2.44. The number of amides is 1. The summed E-state index contributed by atoms with van der Waals surface area (Å²) >= 11 is 0. The fourth-order valence-corrected chi connectivity index (χ4v) is 1.48. The van der Waals surface area contributed by atoms with E-state index in [1.165, 1.54) is 0 Å². The molecule has 8 heteroatoms. The number of benzene rings is 1. The third-order valence-electron chi connectivity index (χ3n) is 2.48. The summed E-state index contributed by atoms with van der Waals surface area (Å²) in [6, 6.07) is 3.51. The molecule has 0 aliphatic carbocycles. The highest BCUT2D eigenvalue weighted by molar-refractivity contribution is 6.03. The quantitative estimate of drug-likeness (QED) is 0.853. The minimum Gasteiger partial charge on any atom is -0.478 e. The summed E-state index contributed by atoms with van der Waals surface area (Å²) in [7, 11) is 0. The van der Waals surface area contributed by atoms with Crippen LogP contribution >= 0.6 is 0 Å². The molecule has 0 aliphatic heterocycles. The van der Waals surface area contributed by atoms with Crippen molar-refractivity contribution in [1.29, 1.82) is 0 Å². The zero-order valence-electron chi connectivity index (χ0n) is 10.2. The van der Waals surface area contributed by atoms with Crippen molar-refractivity contribution in [3.05, 3.63) is 59.2 Å². The van der Waals surface area contributed by atoms with Gasteiger partial charge >= 0.3 is 5.97 Å². The highest BCUT2D eigenvalue weighted by atomic mass is 19.2. The number of halogens is 3. The molecule has 2 rings (SSSR count). The number of hydrogen-bond acceptors (Lipinski definition) is 3. The lowest BCUT2D eigenvalue weighted by Gasteiger charge is -2.06. The third kappa shape index (κ3) is 3.16. The zero-order chi connectivity index (χ0) is 15.6. The molecule has 0 spiro atoms. The zero-order valence-corrected chi connectivity index (χ0v) is 10.2. The Morgan fingerprint density at radius 3 is 2.19 bits per heavy atom. The lowest BCUT2D eigenvalue weighted by Crippen LogP contribution is -2.14. The molecular formula is C13H7F3N2O3. The number of aromatic carboxylic acids is 1. The Kier molecular flexibility index (Phi) is 3.88. The van der Waals surface area contributed by atoms with Gasteiger partial charge in [0.15, 0.2) is 17.5 Å². The molecule has 1 aromatic heterocycles. The van der Waals surface area contributed by atoms with Crippen molar-refractivity contribution in [1.82, 2.24) is 4.98 Å². The number of nitrogens with one attached hydrogen (secondary N) is 1. The predicted molar refractivity (Wildman–Crippen MR) is 65.5 cm³/mol. The highest BCUT2D eigenvalue weighted by Crippen LogP contribution is 2.17. The molecule has 0 saturated carbocycles. The van der Waals surface area contributed by atoms with Gasteiger partial charge in [0, 0.05) is 24.0 Å². The third-order valence-corrected chi connectivity index (χ3v) is 2.48. The maximum absolute atomic E-state index is 13.0. The van der Waals surface area contributed by atoms with Crippen LogP contribution in [0, 0.1) is 17.5 Å². The second-order valence-corrected chi connectivity index (χ2v) is 3.95. The summed E-state index contributed by atoms with van der Waals surface area (Å²) in [6.45, 7) is 0. The fourth-order valence-electron chi connectivity index (χ4n) is 1.48. The van der Waals surface area contributed by atoms with Crippen molar-refractivity contribution in [3.8, 4) is 0 Å². The van der Waals surface area contributed by atoms with Gasteiger partial charge in [0.05, 0.1) is 5.56 Å². The van der Waals surface area contributed by atoms with Crippen LogP contribution in [0.15, 0.2) is 30.5 Å². The van der Waals surface area contributed by atoms with E-state index in [0.29, 0.717) is 12.1 Å². The van der Waals surface area contributed by atoms with Crippen molar-refractivity contribution >= 4 is 17.6 Å². The van der Waals surface area contributed by atoms with Crippen molar-refractivity contribution in [2.45, 2.75) is 0 Å². The number of hydrogen-bond donors (Lipinski definition) is 2. The Hall–Kier alpha value is -2.90. The maximum Gasteiger partial charge on any atom is 0.337 e. The summed E-state index contributed by atoms with van der Waals surface area (Å²) in [5.41, 5.74) is -0.573. The molecule has 1 heterocycles. The number of carbonyl (C=O) groups is 2. The Bertz CT molecular complexity index is 694. The van der Waals surface area contributed by atoms with Crippen LogP contribution in [0.5, 0.6) is 0 Å². The lowest BCUT2D eigenvalue weighted by molar-refractivity contribution is 0.0695. The van der Waals surface area contributed by atoms with E-state index in [2.05, 4.69) is 10.3 Å². The number of aromatic nitrogens is 1. The van der Waals surface area contributed by atoms with E-state index in [0.717, 1.165) is 18.3 Å². The normalized spacial score (nSPS) is 10.2. The lowest BCUT2D eigenvalue weighted by atomic mass is 10.2. The molecule has 0 atom stereocenters. The molecule has 21 heavy (non-hydrogen) atoms. The molecule has 0 unspecified atom stereocenters. The predicted octanol–water partition coefficient (Wildman–Crippen LogP) is 2.45. The van der Waals surface area contributed by atoms with E-state index < -0.39 is 29.3 Å². The van der Waals surface area contributed by atoms with Crippen molar-refractivity contribution in [2.24, 2.45) is 0 Å². The van der Waals surface area contributed by atoms with Crippen LogP contribution in [0.25, 0.3) is 0 Å². The first-order chi connectivity index (χ1) is 9.88. The van der Waals surface area contributed by atoms with Gasteiger partial charge in [-0.3, -0.25) is 9.78 Å². The summed E-state index contributed by atoms with van der Waals surface area (Å²) in [5, 5.41) is 10.8. The Balaban J connectivity index is 2.20. The minimum absolute atomic E-state index is 0.120. The number of carbonyl (C=O) groups excluding carboxylic acids is 1.